The maximum atomic E-state index is 2.44. The molecule has 46 valence electrons. The summed E-state index contributed by atoms with van der Waals surface area (Å²) >= 11 is 0.390. The SMILES string of the molecule is Br.[CH3][Mg][CH]1CCCC1. The van der Waals surface area contributed by atoms with Gasteiger partial charge in [-0.1, -0.05) is 25.7 Å². The van der Waals surface area contributed by atoms with E-state index in [9.17, 15) is 0 Å². The topological polar surface area (TPSA) is 0 Å². The summed E-state index contributed by atoms with van der Waals surface area (Å²) < 4.78 is 1.24. The van der Waals surface area contributed by atoms with Gasteiger partial charge in [-0.15, -0.1) is 21.0 Å². The maximum Gasteiger partial charge on any atom is 0.364 e. The average Bonchev–Trinajstić information content (AvgIpc) is 2.14. The fourth-order valence-electron chi connectivity index (χ4n) is 1.42. The number of rotatable bonds is 1. The molecule has 0 aliphatic heterocycles. The lowest BCUT2D eigenvalue weighted by atomic mass is 10.4. The minimum atomic E-state index is 0. The van der Waals surface area contributed by atoms with Crippen LogP contribution in [0.25, 0.3) is 0 Å². The van der Waals surface area contributed by atoms with Crippen LogP contribution >= 0.6 is 17.0 Å². The third-order valence-electron chi connectivity index (χ3n) is 2.05. The third kappa shape index (κ3) is 2.69. The number of halogens is 1. The van der Waals surface area contributed by atoms with E-state index >= 15 is 0 Å². The molecule has 2 heteroatoms. The van der Waals surface area contributed by atoms with Crippen LogP contribution in [0.5, 0.6) is 0 Å². The van der Waals surface area contributed by atoms with Crippen LogP contribution in [0.1, 0.15) is 25.7 Å². The minimum Gasteiger partial charge on any atom is -0.157 e. The van der Waals surface area contributed by atoms with Crippen LogP contribution < -0.4 is 0 Å². The molecule has 8 heavy (non-hydrogen) atoms. The Morgan fingerprint density at radius 1 is 1.25 bits per heavy atom. The molecule has 0 aromatic heterocycles. The van der Waals surface area contributed by atoms with Crippen molar-refractivity contribution in [3.63, 3.8) is 0 Å². The summed E-state index contributed by atoms with van der Waals surface area (Å²) in [5.41, 5.74) is 0. The summed E-state index contributed by atoms with van der Waals surface area (Å²) in [6.45, 7) is 0. The fourth-order valence-corrected chi connectivity index (χ4v) is 2.81. The highest BCUT2D eigenvalue weighted by molar-refractivity contribution is 8.93. The van der Waals surface area contributed by atoms with Gasteiger partial charge >= 0.3 is 20.4 Å². The Bertz CT molecular complexity index is 50.5. The van der Waals surface area contributed by atoms with Crippen LogP contribution in [0.15, 0.2) is 0 Å². The predicted molar refractivity (Wildman–Crippen MR) is 44.2 cm³/mol. The summed E-state index contributed by atoms with van der Waals surface area (Å²) in [7, 11) is 0. The van der Waals surface area contributed by atoms with Gasteiger partial charge in [0, 0.05) is 0 Å². The van der Waals surface area contributed by atoms with E-state index < -0.39 is 0 Å². The van der Waals surface area contributed by atoms with Crippen molar-refractivity contribution in [2.75, 3.05) is 0 Å². The Morgan fingerprint density at radius 2 is 1.75 bits per heavy atom. The van der Waals surface area contributed by atoms with Crippen molar-refractivity contribution in [2.45, 2.75) is 34.8 Å². The first-order valence-corrected chi connectivity index (χ1v) is 5.66. The highest BCUT2D eigenvalue weighted by atomic mass is 79.9. The molecule has 0 aromatic rings. The fraction of sp³-hybridized carbons (Fsp3) is 1.00. The zero-order valence-corrected chi connectivity index (χ0v) is 8.65. The second-order valence-corrected chi connectivity index (χ2v) is 4.53. The molecule has 1 rings (SSSR count). The van der Waals surface area contributed by atoms with Gasteiger partial charge in [0.05, 0.1) is 0 Å². The van der Waals surface area contributed by atoms with Gasteiger partial charge < -0.3 is 0 Å². The Labute approximate surface area is 71.9 Å². The summed E-state index contributed by atoms with van der Waals surface area (Å²) in [4.78, 5) is 0. The number of hydrogen-bond donors (Lipinski definition) is 0. The van der Waals surface area contributed by atoms with Crippen molar-refractivity contribution in [1.29, 1.82) is 0 Å². The first-order chi connectivity index (χ1) is 3.43. The second-order valence-electron chi connectivity index (χ2n) is 2.56. The average molecular weight is 189 g/mol. The standard InChI is InChI=1S/C5H9.CH3.BrH.Mg/c1-2-4-5-3-1;;;/h1H,2-5H2;1H3;1H;. The molecule has 0 saturated heterocycles. The molecule has 0 amide bonds. The molecule has 0 nitrogen and oxygen atoms in total. The molecule has 0 bridgehead atoms. The van der Waals surface area contributed by atoms with Crippen LogP contribution in [0.2, 0.25) is 9.10 Å². The van der Waals surface area contributed by atoms with Crippen LogP contribution in [0.4, 0.5) is 0 Å². The van der Waals surface area contributed by atoms with E-state index in [1.54, 1.807) is 12.8 Å². The zero-order chi connectivity index (χ0) is 5.11. The van der Waals surface area contributed by atoms with Crippen LogP contribution in [-0.4, -0.2) is 20.4 Å². The van der Waals surface area contributed by atoms with Crippen molar-refractivity contribution in [3.05, 3.63) is 0 Å². The van der Waals surface area contributed by atoms with E-state index in [1.165, 1.54) is 16.9 Å². The van der Waals surface area contributed by atoms with Crippen molar-refractivity contribution in [1.82, 2.24) is 0 Å². The predicted octanol–water partition coefficient (Wildman–Crippen LogP) is 2.68. The molecule has 0 heterocycles. The molecule has 0 radical (unpaired) electrons. The second kappa shape index (κ2) is 5.06. The molecule has 1 saturated carbocycles. The monoisotopic (exact) mass is 188 g/mol. The van der Waals surface area contributed by atoms with E-state index in [2.05, 4.69) is 5.05 Å². The van der Waals surface area contributed by atoms with Crippen LogP contribution in [-0.2, 0) is 0 Å². The van der Waals surface area contributed by atoms with Gasteiger partial charge in [0.2, 0.25) is 0 Å². The lowest BCUT2D eigenvalue weighted by Gasteiger charge is -1.97. The highest BCUT2D eigenvalue weighted by Crippen LogP contribution is 2.28. The Balaban J connectivity index is 0.000000490. The Kier molecular flexibility index (Phi) is 5.85. The van der Waals surface area contributed by atoms with Crippen molar-refractivity contribution >= 4 is 37.3 Å². The lowest BCUT2D eigenvalue weighted by Crippen LogP contribution is -1.90. The molecule has 1 fully saturated rings. The first kappa shape index (κ1) is 9.25. The number of hydrogen-bond acceptors (Lipinski definition) is 0. The van der Waals surface area contributed by atoms with E-state index in [-0.39, 0.29) is 17.0 Å². The zero-order valence-electron chi connectivity index (χ0n) is 5.52. The molecular formula is C6H13BrMg. The normalized spacial score (nSPS) is 19.6. The first-order valence-electron chi connectivity index (χ1n) is 3.43. The molecule has 0 atom stereocenters. The van der Waals surface area contributed by atoms with Gasteiger partial charge in [0.25, 0.3) is 0 Å². The molecule has 0 aromatic carbocycles. The summed E-state index contributed by atoms with van der Waals surface area (Å²) in [5, 5.41) is 2.44. The lowest BCUT2D eigenvalue weighted by molar-refractivity contribution is 0.869. The van der Waals surface area contributed by atoms with E-state index in [0.29, 0.717) is 20.4 Å². The van der Waals surface area contributed by atoms with Gasteiger partial charge in [-0.2, -0.15) is 5.05 Å². The maximum absolute atomic E-state index is 2.44. The van der Waals surface area contributed by atoms with Gasteiger partial charge in [0.1, 0.15) is 0 Å². The van der Waals surface area contributed by atoms with E-state index in [0.717, 1.165) is 0 Å². The molecule has 0 spiro atoms. The smallest absolute Gasteiger partial charge is 0.157 e. The van der Waals surface area contributed by atoms with Crippen LogP contribution in [0.3, 0.4) is 0 Å². The van der Waals surface area contributed by atoms with Gasteiger partial charge in [-0.25, -0.2) is 0 Å². The van der Waals surface area contributed by atoms with Gasteiger partial charge in [0.15, 0.2) is 0 Å². The summed E-state index contributed by atoms with van der Waals surface area (Å²) in [6.07, 6.45) is 6.21. The summed E-state index contributed by atoms with van der Waals surface area (Å²) in [6, 6.07) is 0. The van der Waals surface area contributed by atoms with Gasteiger partial charge in [-0.05, 0) is 0 Å². The minimum absolute atomic E-state index is 0. The largest absolute Gasteiger partial charge is 0.364 e. The van der Waals surface area contributed by atoms with Gasteiger partial charge in [-0.3, -0.25) is 0 Å². The van der Waals surface area contributed by atoms with E-state index in [4.69, 9.17) is 0 Å². The molecular weight excluding hydrogens is 176 g/mol. The molecule has 0 unspecified atom stereocenters. The molecule has 1 aliphatic rings. The molecule has 0 N–H and O–H groups in total. The van der Waals surface area contributed by atoms with Crippen LogP contribution in [0, 0.1) is 0 Å². The summed E-state index contributed by atoms with van der Waals surface area (Å²) in [5.74, 6) is 0. The van der Waals surface area contributed by atoms with Crippen molar-refractivity contribution < 1.29 is 0 Å². The quantitative estimate of drug-likeness (QED) is 0.556. The Hall–Kier alpha value is 1.25. The highest BCUT2D eigenvalue weighted by Gasteiger charge is 2.12. The van der Waals surface area contributed by atoms with Crippen molar-refractivity contribution in [2.24, 2.45) is 0 Å². The van der Waals surface area contributed by atoms with Crippen molar-refractivity contribution in [3.8, 4) is 0 Å². The molecule has 1 aliphatic carbocycles. The third-order valence-corrected chi connectivity index (χ3v) is 4.02. The van der Waals surface area contributed by atoms with E-state index in [1.807, 2.05) is 0 Å². The Morgan fingerprint density at radius 3 is 2.00 bits per heavy atom.